The Balaban J connectivity index is 2.12. The van der Waals surface area contributed by atoms with Gasteiger partial charge in [-0.2, -0.15) is 0 Å². The Labute approximate surface area is 112 Å². The molecule has 7 heteroatoms. The van der Waals surface area contributed by atoms with Crippen molar-refractivity contribution in [1.29, 1.82) is 0 Å². The number of amides is 2. The van der Waals surface area contributed by atoms with Crippen molar-refractivity contribution in [2.75, 3.05) is 7.11 Å². The van der Waals surface area contributed by atoms with Crippen molar-refractivity contribution in [1.82, 2.24) is 10.5 Å². The van der Waals surface area contributed by atoms with Crippen molar-refractivity contribution in [3.63, 3.8) is 0 Å². The van der Waals surface area contributed by atoms with Gasteiger partial charge in [-0.15, -0.1) is 0 Å². The van der Waals surface area contributed by atoms with Crippen LogP contribution in [-0.4, -0.2) is 24.1 Å². The molecule has 0 spiro atoms. The Morgan fingerprint density at radius 1 is 1.45 bits per heavy atom. The van der Waals surface area contributed by atoms with Crippen LogP contribution in [0.15, 0.2) is 16.7 Å². The lowest BCUT2D eigenvalue weighted by Gasteiger charge is -2.18. The fourth-order valence-electron chi connectivity index (χ4n) is 2.35. The summed E-state index contributed by atoms with van der Waals surface area (Å²) in [7, 11) is 1.35. The Morgan fingerprint density at radius 2 is 2.25 bits per heavy atom. The first-order valence-corrected chi connectivity index (χ1v) is 6.07. The number of carbonyl (C=O) groups is 2. The third-order valence-electron chi connectivity index (χ3n) is 3.36. The lowest BCUT2D eigenvalue weighted by Crippen LogP contribution is -2.39. The highest BCUT2D eigenvalue weighted by molar-refractivity contribution is 6.02. The van der Waals surface area contributed by atoms with Gasteiger partial charge in [0.25, 0.3) is 0 Å². The number of imide groups is 1. The lowest BCUT2D eigenvalue weighted by atomic mass is 9.92. The van der Waals surface area contributed by atoms with Gasteiger partial charge < -0.3 is 9.26 Å². The Bertz CT molecular complexity index is 710. The number of nitrogens with one attached hydrogen (secondary N) is 1. The van der Waals surface area contributed by atoms with Gasteiger partial charge in [-0.3, -0.25) is 14.9 Å². The molecule has 2 heterocycles. The van der Waals surface area contributed by atoms with Crippen LogP contribution in [0.3, 0.4) is 0 Å². The average Bonchev–Trinajstić information content (AvgIpc) is 2.84. The van der Waals surface area contributed by atoms with Gasteiger partial charge in [0.1, 0.15) is 5.69 Å². The molecule has 1 unspecified atom stereocenters. The van der Waals surface area contributed by atoms with Crippen LogP contribution in [0.1, 0.15) is 24.5 Å². The van der Waals surface area contributed by atoms with Crippen LogP contribution in [0.25, 0.3) is 11.0 Å². The van der Waals surface area contributed by atoms with Crippen LogP contribution in [0.4, 0.5) is 4.39 Å². The van der Waals surface area contributed by atoms with E-state index >= 15 is 0 Å². The topological polar surface area (TPSA) is 81.4 Å². The Hall–Kier alpha value is -2.44. The van der Waals surface area contributed by atoms with Crippen LogP contribution in [0.5, 0.6) is 5.75 Å². The van der Waals surface area contributed by atoms with Gasteiger partial charge in [0.15, 0.2) is 17.1 Å². The predicted molar refractivity (Wildman–Crippen MR) is 65.6 cm³/mol. The van der Waals surface area contributed by atoms with Crippen LogP contribution in [0, 0.1) is 5.82 Å². The maximum absolute atomic E-state index is 14.3. The summed E-state index contributed by atoms with van der Waals surface area (Å²) in [6.45, 7) is 0. The van der Waals surface area contributed by atoms with E-state index in [1.165, 1.54) is 19.2 Å². The molecule has 1 atom stereocenters. The SMILES string of the molecule is COc1ccc2onc(C3CCC(=O)NC3=O)c2c1F. The summed E-state index contributed by atoms with van der Waals surface area (Å²) in [5, 5.41) is 6.13. The lowest BCUT2D eigenvalue weighted by molar-refractivity contribution is -0.134. The zero-order chi connectivity index (χ0) is 14.3. The number of carbonyl (C=O) groups excluding carboxylic acids is 2. The van der Waals surface area contributed by atoms with Crippen LogP contribution in [-0.2, 0) is 9.59 Å². The monoisotopic (exact) mass is 278 g/mol. The number of methoxy groups -OCH3 is 1. The molecule has 0 aliphatic carbocycles. The number of benzene rings is 1. The van der Waals surface area contributed by atoms with Crippen molar-refractivity contribution in [2.24, 2.45) is 0 Å². The van der Waals surface area contributed by atoms with Gasteiger partial charge in [-0.05, 0) is 18.6 Å². The van der Waals surface area contributed by atoms with E-state index in [4.69, 9.17) is 9.26 Å². The normalized spacial score (nSPS) is 19.2. The van der Waals surface area contributed by atoms with E-state index in [1.807, 2.05) is 0 Å². The second kappa shape index (κ2) is 4.59. The number of rotatable bonds is 2. The predicted octanol–water partition coefficient (Wildman–Crippen LogP) is 1.50. The minimum absolute atomic E-state index is 0.0502. The highest BCUT2D eigenvalue weighted by Crippen LogP contribution is 2.34. The van der Waals surface area contributed by atoms with E-state index in [1.54, 1.807) is 0 Å². The number of nitrogens with zero attached hydrogens (tertiary/aromatic N) is 1. The molecule has 0 bridgehead atoms. The molecule has 1 saturated heterocycles. The first-order chi connectivity index (χ1) is 9.61. The number of hydrogen-bond donors (Lipinski definition) is 1. The molecule has 0 radical (unpaired) electrons. The second-order valence-electron chi connectivity index (χ2n) is 4.53. The van der Waals surface area contributed by atoms with E-state index in [0.29, 0.717) is 0 Å². The molecule has 6 nitrogen and oxygen atoms in total. The van der Waals surface area contributed by atoms with Crippen molar-refractivity contribution < 1.29 is 23.2 Å². The van der Waals surface area contributed by atoms with Crippen LogP contribution in [0.2, 0.25) is 0 Å². The van der Waals surface area contributed by atoms with Crippen molar-refractivity contribution >= 4 is 22.8 Å². The zero-order valence-corrected chi connectivity index (χ0v) is 10.6. The summed E-state index contributed by atoms with van der Waals surface area (Å²) in [5.41, 5.74) is 0.435. The molecule has 20 heavy (non-hydrogen) atoms. The second-order valence-corrected chi connectivity index (χ2v) is 4.53. The highest BCUT2D eigenvalue weighted by Gasteiger charge is 2.33. The molecule has 1 fully saturated rings. The van der Waals surface area contributed by atoms with E-state index in [-0.39, 0.29) is 41.2 Å². The molecular weight excluding hydrogens is 267 g/mol. The largest absolute Gasteiger partial charge is 0.494 e. The summed E-state index contributed by atoms with van der Waals surface area (Å²) in [6.07, 6.45) is 0.472. The number of fused-ring (bicyclic) bond motifs is 1. The van der Waals surface area contributed by atoms with Gasteiger partial charge in [0.05, 0.1) is 18.4 Å². The fourth-order valence-corrected chi connectivity index (χ4v) is 2.35. The van der Waals surface area contributed by atoms with Crippen LogP contribution < -0.4 is 10.1 Å². The molecule has 1 aromatic carbocycles. The van der Waals surface area contributed by atoms with E-state index in [2.05, 4.69) is 10.5 Å². The van der Waals surface area contributed by atoms with E-state index < -0.39 is 17.6 Å². The molecule has 1 aliphatic heterocycles. The first-order valence-electron chi connectivity index (χ1n) is 6.07. The number of aromatic nitrogens is 1. The molecule has 2 aromatic rings. The molecule has 1 N–H and O–H groups in total. The molecular formula is C13H11FN2O4. The van der Waals surface area contributed by atoms with Gasteiger partial charge >= 0.3 is 0 Å². The van der Waals surface area contributed by atoms with Crippen LogP contribution >= 0.6 is 0 Å². The van der Waals surface area contributed by atoms with Gasteiger partial charge in [-0.1, -0.05) is 5.16 Å². The number of halogens is 1. The maximum atomic E-state index is 14.3. The first kappa shape index (κ1) is 12.6. The van der Waals surface area contributed by atoms with Crippen molar-refractivity contribution in [3.8, 4) is 5.75 Å². The number of ether oxygens (including phenoxy) is 1. The molecule has 0 saturated carbocycles. The molecule has 1 aliphatic rings. The molecule has 3 rings (SSSR count). The Kier molecular flexibility index (Phi) is 2.89. The molecule has 2 amide bonds. The minimum atomic E-state index is -0.699. The van der Waals surface area contributed by atoms with Crippen molar-refractivity contribution in [3.05, 3.63) is 23.6 Å². The van der Waals surface area contributed by atoms with Gasteiger partial charge in [0.2, 0.25) is 11.8 Å². The zero-order valence-electron chi connectivity index (χ0n) is 10.6. The summed E-state index contributed by atoms with van der Waals surface area (Å²) >= 11 is 0. The molecule has 104 valence electrons. The summed E-state index contributed by atoms with van der Waals surface area (Å²) in [6, 6.07) is 2.96. The van der Waals surface area contributed by atoms with E-state index in [9.17, 15) is 14.0 Å². The summed E-state index contributed by atoms with van der Waals surface area (Å²) in [5.74, 6) is -2.09. The smallest absolute Gasteiger partial charge is 0.235 e. The summed E-state index contributed by atoms with van der Waals surface area (Å²) in [4.78, 5) is 23.0. The number of hydrogen-bond acceptors (Lipinski definition) is 5. The van der Waals surface area contributed by atoms with Crippen molar-refractivity contribution in [2.45, 2.75) is 18.8 Å². The fraction of sp³-hybridized carbons (Fsp3) is 0.308. The summed E-state index contributed by atoms with van der Waals surface area (Å²) < 4.78 is 24.3. The van der Waals surface area contributed by atoms with E-state index in [0.717, 1.165) is 0 Å². The Morgan fingerprint density at radius 3 is 2.95 bits per heavy atom. The number of piperidine rings is 1. The minimum Gasteiger partial charge on any atom is -0.494 e. The maximum Gasteiger partial charge on any atom is 0.235 e. The average molecular weight is 278 g/mol. The standard InChI is InChI=1S/C13H11FN2O4/c1-19-8-4-3-7-10(11(8)14)12(16-20-7)6-2-5-9(17)15-13(6)18/h3-4,6H,2,5H2,1H3,(H,15,17,18). The third kappa shape index (κ3) is 1.82. The quantitative estimate of drug-likeness (QED) is 0.842. The van der Waals surface area contributed by atoms with Gasteiger partial charge in [-0.25, -0.2) is 4.39 Å². The third-order valence-corrected chi connectivity index (χ3v) is 3.36. The molecule has 1 aromatic heterocycles. The highest BCUT2D eigenvalue weighted by atomic mass is 19.1. The van der Waals surface area contributed by atoms with Gasteiger partial charge in [0, 0.05) is 6.42 Å².